The van der Waals surface area contributed by atoms with Crippen LogP contribution in [0.25, 0.3) is 0 Å². The van der Waals surface area contributed by atoms with Crippen molar-refractivity contribution < 1.29 is 9.53 Å². The minimum atomic E-state index is -0.698. The van der Waals surface area contributed by atoms with E-state index in [4.69, 9.17) is 4.74 Å². The first-order valence-corrected chi connectivity index (χ1v) is 11.6. The third-order valence-electron chi connectivity index (χ3n) is 5.92. The Morgan fingerprint density at radius 2 is 1.37 bits per heavy atom. The maximum absolute atomic E-state index is 12.8. The second-order valence-corrected chi connectivity index (χ2v) is 8.62. The minimum absolute atomic E-state index is 0.145. The fourth-order valence-corrected chi connectivity index (χ4v) is 4.22. The largest absolute Gasteiger partial charge is 0.366 e. The first-order chi connectivity index (χ1) is 13.0. The van der Waals surface area contributed by atoms with E-state index in [-0.39, 0.29) is 5.91 Å². The Bertz CT molecular complexity index is 390. The summed E-state index contributed by atoms with van der Waals surface area (Å²) in [6.45, 7) is 14.6. The zero-order valence-corrected chi connectivity index (χ0v) is 18.9. The summed E-state index contributed by atoms with van der Waals surface area (Å²) >= 11 is 0. The van der Waals surface area contributed by atoms with E-state index in [2.05, 4.69) is 18.7 Å². The lowest BCUT2D eigenvalue weighted by Gasteiger charge is -2.41. The summed E-state index contributed by atoms with van der Waals surface area (Å²) in [6, 6.07) is 0.704. The van der Waals surface area contributed by atoms with E-state index in [0.717, 1.165) is 26.2 Å². The molecule has 0 aliphatic carbocycles. The molecule has 1 aliphatic rings. The number of ether oxygens (including phenoxy) is 1. The van der Waals surface area contributed by atoms with Crippen molar-refractivity contribution in [3.63, 3.8) is 0 Å². The second-order valence-electron chi connectivity index (χ2n) is 8.62. The standard InChI is InChI=1S/C23H46N2O2/c1-6-9-11-12-14-16-21(15-13-10-7-2)24-17-19-25(20-18-24)22(26)23(4,5)27-8-3/h21H,6-20H2,1-5H3. The van der Waals surface area contributed by atoms with Crippen molar-refractivity contribution in [2.75, 3.05) is 32.8 Å². The molecule has 1 unspecified atom stereocenters. The number of amides is 1. The van der Waals surface area contributed by atoms with Gasteiger partial charge in [-0.25, -0.2) is 0 Å². The zero-order valence-electron chi connectivity index (χ0n) is 18.9. The van der Waals surface area contributed by atoms with Crippen LogP contribution in [-0.2, 0) is 9.53 Å². The van der Waals surface area contributed by atoms with Crippen LogP contribution in [0.1, 0.15) is 98.8 Å². The molecule has 0 radical (unpaired) electrons. The molecule has 0 N–H and O–H groups in total. The van der Waals surface area contributed by atoms with Gasteiger partial charge in [0.25, 0.3) is 5.91 Å². The quantitative estimate of drug-likeness (QED) is 0.384. The van der Waals surface area contributed by atoms with E-state index >= 15 is 0 Å². The van der Waals surface area contributed by atoms with Crippen LogP contribution in [0.2, 0.25) is 0 Å². The van der Waals surface area contributed by atoms with Crippen LogP contribution in [0.5, 0.6) is 0 Å². The molecule has 0 spiro atoms. The van der Waals surface area contributed by atoms with Gasteiger partial charge in [-0.15, -0.1) is 0 Å². The van der Waals surface area contributed by atoms with Gasteiger partial charge in [0, 0.05) is 38.8 Å². The van der Waals surface area contributed by atoms with Crippen molar-refractivity contribution in [3.05, 3.63) is 0 Å². The summed E-state index contributed by atoms with van der Waals surface area (Å²) < 4.78 is 5.66. The molecule has 1 heterocycles. The molecule has 160 valence electrons. The van der Waals surface area contributed by atoms with E-state index in [1.807, 2.05) is 25.7 Å². The fraction of sp³-hybridized carbons (Fsp3) is 0.957. The highest BCUT2D eigenvalue weighted by atomic mass is 16.5. The summed E-state index contributed by atoms with van der Waals surface area (Å²) in [6.07, 6.45) is 13.4. The van der Waals surface area contributed by atoms with E-state index in [1.54, 1.807) is 0 Å². The van der Waals surface area contributed by atoms with Gasteiger partial charge >= 0.3 is 0 Å². The molecule has 4 nitrogen and oxygen atoms in total. The number of carbonyl (C=O) groups excluding carboxylic acids is 1. The molecule has 1 saturated heterocycles. The summed E-state index contributed by atoms with van der Waals surface area (Å²) in [5.41, 5.74) is -0.698. The highest BCUT2D eigenvalue weighted by Crippen LogP contribution is 2.21. The molecule has 0 saturated carbocycles. The van der Waals surface area contributed by atoms with Crippen LogP contribution >= 0.6 is 0 Å². The van der Waals surface area contributed by atoms with Crippen LogP contribution < -0.4 is 0 Å². The van der Waals surface area contributed by atoms with Crippen molar-refractivity contribution in [2.24, 2.45) is 0 Å². The monoisotopic (exact) mass is 382 g/mol. The van der Waals surface area contributed by atoms with Crippen molar-refractivity contribution in [1.82, 2.24) is 9.80 Å². The third-order valence-corrected chi connectivity index (χ3v) is 5.92. The van der Waals surface area contributed by atoms with Crippen LogP contribution in [-0.4, -0.2) is 60.1 Å². The number of hydrogen-bond donors (Lipinski definition) is 0. The molecule has 1 rings (SSSR count). The number of rotatable bonds is 14. The summed E-state index contributed by atoms with van der Waals surface area (Å²) in [7, 11) is 0. The number of unbranched alkanes of at least 4 members (excludes halogenated alkanes) is 6. The summed E-state index contributed by atoms with van der Waals surface area (Å²) in [4.78, 5) is 17.4. The van der Waals surface area contributed by atoms with Gasteiger partial charge in [0.2, 0.25) is 0 Å². The van der Waals surface area contributed by atoms with Crippen molar-refractivity contribution in [3.8, 4) is 0 Å². The van der Waals surface area contributed by atoms with E-state index in [9.17, 15) is 4.79 Å². The Kier molecular flexibility index (Phi) is 12.3. The number of hydrogen-bond acceptors (Lipinski definition) is 3. The van der Waals surface area contributed by atoms with Gasteiger partial charge < -0.3 is 9.64 Å². The number of carbonyl (C=O) groups is 1. The lowest BCUT2D eigenvalue weighted by Crippen LogP contribution is -2.56. The molecule has 0 bridgehead atoms. The highest BCUT2D eigenvalue weighted by Gasteiger charge is 2.35. The predicted molar refractivity (Wildman–Crippen MR) is 115 cm³/mol. The molecule has 4 heteroatoms. The number of nitrogens with zero attached hydrogens (tertiary/aromatic N) is 2. The molecule has 1 aliphatic heterocycles. The average Bonchev–Trinajstić information content (AvgIpc) is 2.66. The SMILES string of the molecule is CCCCCCCC(CCCCC)N1CCN(C(=O)C(C)(C)OCC)CC1. The van der Waals surface area contributed by atoms with Crippen LogP contribution in [0.4, 0.5) is 0 Å². The van der Waals surface area contributed by atoms with E-state index < -0.39 is 5.60 Å². The molecular weight excluding hydrogens is 336 g/mol. The smallest absolute Gasteiger partial charge is 0.254 e. The van der Waals surface area contributed by atoms with Crippen molar-refractivity contribution in [2.45, 2.75) is 110 Å². The highest BCUT2D eigenvalue weighted by molar-refractivity contribution is 5.84. The molecule has 27 heavy (non-hydrogen) atoms. The Morgan fingerprint density at radius 1 is 0.852 bits per heavy atom. The second kappa shape index (κ2) is 13.5. The summed E-state index contributed by atoms with van der Waals surface area (Å²) in [5.74, 6) is 0.145. The molecule has 0 aromatic carbocycles. The van der Waals surface area contributed by atoms with Gasteiger partial charge in [-0.2, -0.15) is 0 Å². The average molecular weight is 383 g/mol. The molecule has 0 aromatic rings. The normalized spacial score (nSPS) is 17.3. The predicted octanol–water partition coefficient (Wildman–Crippen LogP) is 5.26. The van der Waals surface area contributed by atoms with Crippen molar-refractivity contribution >= 4 is 5.91 Å². The Labute approximate surface area is 169 Å². The molecule has 0 aromatic heterocycles. The van der Waals surface area contributed by atoms with Crippen molar-refractivity contribution in [1.29, 1.82) is 0 Å². The fourth-order valence-electron chi connectivity index (χ4n) is 4.22. The minimum Gasteiger partial charge on any atom is -0.366 e. The van der Waals surface area contributed by atoms with Crippen LogP contribution in [0.3, 0.4) is 0 Å². The van der Waals surface area contributed by atoms with Gasteiger partial charge in [-0.1, -0.05) is 65.2 Å². The van der Waals surface area contributed by atoms with Gasteiger partial charge in [-0.05, 0) is 33.6 Å². The van der Waals surface area contributed by atoms with Crippen LogP contribution in [0.15, 0.2) is 0 Å². The molecule has 1 fully saturated rings. The lowest BCUT2D eigenvalue weighted by molar-refractivity contribution is -0.155. The molecule has 1 atom stereocenters. The topological polar surface area (TPSA) is 32.8 Å². The van der Waals surface area contributed by atoms with Gasteiger partial charge in [0.05, 0.1) is 0 Å². The van der Waals surface area contributed by atoms with Crippen LogP contribution in [0, 0.1) is 0 Å². The number of piperazine rings is 1. The summed E-state index contributed by atoms with van der Waals surface area (Å²) in [5, 5.41) is 0. The Hall–Kier alpha value is -0.610. The van der Waals surface area contributed by atoms with Gasteiger partial charge in [0.15, 0.2) is 0 Å². The third kappa shape index (κ3) is 8.95. The molecular formula is C23H46N2O2. The maximum Gasteiger partial charge on any atom is 0.254 e. The lowest BCUT2D eigenvalue weighted by atomic mass is 9.98. The maximum atomic E-state index is 12.8. The Morgan fingerprint density at radius 3 is 1.93 bits per heavy atom. The van der Waals surface area contributed by atoms with Gasteiger partial charge in [-0.3, -0.25) is 9.69 Å². The first-order valence-electron chi connectivity index (χ1n) is 11.6. The van der Waals surface area contributed by atoms with E-state index in [0.29, 0.717) is 12.6 Å². The molecule has 1 amide bonds. The zero-order chi connectivity index (χ0) is 20.1. The van der Waals surface area contributed by atoms with Gasteiger partial charge in [0.1, 0.15) is 5.60 Å². The first kappa shape index (κ1) is 24.4. The van der Waals surface area contributed by atoms with E-state index in [1.165, 1.54) is 64.2 Å². The Balaban J connectivity index is 2.49.